The molecule has 1 aliphatic heterocycles. The lowest BCUT2D eigenvalue weighted by atomic mass is 9.89. The Balaban J connectivity index is 1.29. The first-order valence-electron chi connectivity index (χ1n) is 11.0. The predicted octanol–water partition coefficient (Wildman–Crippen LogP) is 3.52. The highest BCUT2D eigenvalue weighted by molar-refractivity contribution is 5.98. The molecular weight excluding hydrogens is 366 g/mol. The van der Waals surface area contributed by atoms with Crippen LogP contribution in [0.5, 0.6) is 0 Å². The molecule has 6 nitrogen and oxygen atoms in total. The van der Waals surface area contributed by atoms with Crippen LogP contribution in [0.2, 0.25) is 0 Å². The highest BCUT2D eigenvalue weighted by atomic mass is 16.2. The van der Waals surface area contributed by atoms with Gasteiger partial charge in [0, 0.05) is 43.6 Å². The Kier molecular flexibility index (Phi) is 8.08. The van der Waals surface area contributed by atoms with Crippen LogP contribution >= 0.6 is 0 Å². The van der Waals surface area contributed by atoms with E-state index in [-0.39, 0.29) is 23.6 Å². The van der Waals surface area contributed by atoms with Crippen LogP contribution in [0, 0.1) is 5.92 Å². The van der Waals surface area contributed by atoms with Crippen LogP contribution in [0.3, 0.4) is 0 Å². The van der Waals surface area contributed by atoms with Gasteiger partial charge in [-0.1, -0.05) is 49.6 Å². The van der Waals surface area contributed by atoms with E-state index in [1.165, 1.54) is 19.3 Å². The normalized spacial score (nSPS) is 18.3. The van der Waals surface area contributed by atoms with Crippen molar-refractivity contribution in [1.29, 1.82) is 0 Å². The van der Waals surface area contributed by atoms with Crippen molar-refractivity contribution in [3.05, 3.63) is 35.9 Å². The standard InChI is InChI=1S/C23H33N3O3/c27-21(12-7-15-24-23(29)25-20-10-5-2-6-11-20)26-16-13-19(14-17-26)22(28)18-8-3-1-4-9-18/h1,3-4,8-9,19-20H,2,5-7,10-17H2,(H2,24,25,29). The van der Waals surface area contributed by atoms with Crippen molar-refractivity contribution in [2.45, 2.75) is 63.8 Å². The second-order valence-corrected chi connectivity index (χ2v) is 8.22. The van der Waals surface area contributed by atoms with Crippen LogP contribution in [0.1, 0.15) is 68.1 Å². The molecule has 0 radical (unpaired) electrons. The number of urea groups is 1. The number of piperidine rings is 1. The minimum absolute atomic E-state index is 0.00611. The SMILES string of the molecule is O=C(NCCCC(=O)N1CCC(C(=O)c2ccccc2)CC1)NC1CCCCC1. The van der Waals surface area contributed by atoms with Crippen LogP contribution in [-0.4, -0.2) is 48.3 Å². The highest BCUT2D eigenvalue weighted by Gasteiger charge is 2.27. The smallest absolute Gasteiger partial charge is 0.315 e. The summed E-state index contributed by atoms with van der Waals surface area (Å²) < 4.78 is 0. The van der Waals surface area contributed by atoms with E-state index in [0.29, 0.717) is 38.5 Å². The zero-order chi connectivity index (χ0) is 20.5. The zero-order valence-electron chi connectivity index (χ0n) is 17.2. The van der Waals surface area contributed by atoms with Crippen LogP contribution < -0.4 is 10.6 Å². The first-order chi connectivity index (χ1) is 14.1. The summed E-state index contributed by atoms with van der Waals surface area (Å²) in [5, 5.41) is 5.88. The van der Waals surface area contributed by atoms with Gasteiger partial charge in [0.05, 0.1) is 0 Å². The van der Waals surface area contributed by atoms with E-state index in [2.05, 4.69) is 10.6 Å². The average molecular weight is 400 g/mol. The Morgan fingerprint density at radius 3 is 2.31 bits per heavy atom. The van der Waals surface area contributed by atoms with Crippen LogP contribution in [-0.2, 0) is 4.79 Å². The number of benzene rings is 1. The number of hydrogen-bond acceptors (Lipinski definition) is 3. The molecule has 0 aromatic heterocycles. The Morgan fingerprint density at radius 1 is 0.931 bits per heavy atom. The number of carbonyl (C=O) groups is 3. The molecule has 0 spiro atoms. The van der Waals surface area contributed by atoms with Gasteiger partial charge in [-0.25, -0.2) is 4.79 Å². The van der Waals surface area contributed by atoms with Gasteiger partial charge in [-0.3, -0.25) is 9.59 Å². The molecule has 6 heteroatoms. The summed E-state index contributed by atoms with van der Waals surface area (Å²) in [5.41, 5.74) is 0.759. The molecular formula is C23H33N3O3. The number of likely N-dealkylation sites (tertiary alicyclic amines) is 1. The van der Waals surface area contributed by atoms with Gasteiger partial charge in [-0.2, -0.15) is 0 Å². The summed E-state index contributed by atoms with van der Waals surface area (Å²) in [6.07, 6.45) is 8.28. The number of hydrogen-bond donors (Lipinski definition) is 2. The summed E-state index contributed by atoms with van der Waals surface area (Å²) in [5.74, 6) is 0.308. The van der Waals surface area contributed by atoms with Crippen molar-refractivity contribution in [3.63, 3.8) is 0 Å². The van der Waals surface area contributed by atoms with Crippen molar-refractivity contribution < 1.29 is 14.4 Å². The Bertz CT molecular complexity index is 678. The van der Waals surface area contributed by atoms with Gasteiger partial charge >= 0.3 is 6.03 Å². The third-order valence-corrected chi connectivity index (χ3v) is 6.07. The quantitative estimate of drug-likeness (QED) is 0.544. The second kappa shape index (κ2) is 11.0. The largest absolute Gasteiger partial charge is 0.343 e. The van der Waals surface area contributed by atoms with Gasteiger partial charge in [0.1, 0.15) is 0 Å². The molecule has 158 valence electrons. The fourth-order valence-electron chi connectivity index (χ4n) is 4.31. The van der Waals surface area contributed by atoms with E-state index >= 15 is 0 Å². The van der Waals surface area contributed by atoms with Gasteiger partial charge in [-0.15, -0.1) is 0 Å². The lowest BCUT2D eigenvalue weighted by Gasteiger charge is -2.31. The van der Waals surface area contributed by atoms with E-state index in [1.807, 2.05) is 35.2 Å². The summed E-state index contributed by atoms with van der Waals surface area (Å²) in [6.45, 7) is 1.78. The number of nitrogens with zero attached hydrogens (tertiary/aromatic N) is 1. The molecule has 1 heterocycles. The minimum atomic E-state index is -0.121. The number of ketones is 1. The lowest BCUT2D eigenvalue weighted by molar-refractivity contribution is -0.132. The molecule has 2 N–H and O–H groups in total. The molecule has 0 bridgehead atoms. The Hall–Kier alpha value is -2.37. The van der Waals surface area contributed by atoms with E-state index in [4.69, 9.17) is 0 Å². The van der Waals surface area contributed by atoms with Gasteiger partial charge in [-0.05, 0) is 32.1 Å². The van der Waals surface area contributed by atoms with Gasteiger partial charge in [0.25, 0.3) is 0 Å². The zero-order valence-corrected chi connectivity index (χ0v) is 17.2. The summed E-state index contributed by atoms with van der Waals surface area (Å²) in [6, 6.07) is 9.57. The molecule has 1 saturated heterocycles. The number of carbonyl (C=O) groups excluding carboxylic acids is 3. The van der Waals surface area contributed by atoms with E-state index in [0.717, 1.165) is 31.2 Å². The third kappa shape index (κ3) is 6.58. The van der Waals surface area contributed by atoms with Crippen molar-refractivity contribution >= 4 is 17.7 Å². The average Bonchev–Trinajstić information content (AvgIpc) is 2.77. The molecule has 1 aromatic carbocycles. The first kappa shape index (κ1) is 21.3. The van der Waals surface area contributed by atoms with E-state index in [1.54, 1.807) is 0 Å². The van der Waals surface area contributed by atoms with Crippen molar-refractivity contribution in [2.75, 3.05) is 19.6 Å². The molecule has 1 saturated carbocycles. The van der Waals surface area contributed by atoms with Gasteiger partial charge < -0.3 is 15.5 Å². The van der Waals surface area contributed by atoms with E-state index in [9.17, 15) is 14.4 Å². The Morgan fingerprint density at radius 2 is 1.62 bits per heavy atom. The summed E-state index contributed by atoms with van der Waals surface area (Å²) >= 11 is 0. The summed E-state index contributed by atoms with van der Waals surface area (Å²) in [7, 11) is 0. The van der Waals surface area contributed by atoms with Crippen molar-refractivity contribution in [1.82, 2.24) is 15.5 Å². The van der Waals surface area contributed by atoms with Crippen LogP contribution in [0.15, 0.2) is 30.3 Å². The molecule has 3 rings (SSSR count). The van der Waals surface area contributed by atoms with Crippen molar-refractivity contribution in [2.24, 2.45) is 5.92 Å². The van der Waals surface area contributed by atoms with Gasteiger partial charge in [0.2, 0.25) is 5.91 Å². The van der Waals surface area contributed by atoms with Gasteiger partial charge in [0.15, 0.2) is 5.78 Å². The highest BCUT2D eigenvalue weighted by Crippen LogP contribution is 2.22. The third-order valence-electron chi connectivity index (χ3n) is 6.07. The lowest BCUT2D eigenvalue weighted by Crippen LogP contribution is -2.43. The molecule has 2 fully saturated rings. The maximum Gasteiger partial charge on any atom is 0.315 e. The van der Waals surface area contributed by atoms with E-state index < -0.39 is 0 Å². The fourth-order valence-corrected chi connectivity index (χ4v) is 4.31. The van der Waals surface area contributed by atoms with Crippen LogP contribution in [0.4, 0.5) is 4.79 Å². The molecule has 2 aliphatic rings. The first-order valence-corrected chi connectivity index (χ1v) is 11.0. The number of rotatable bonds is 7. The minimum Gasteiger partial charge on any atom is -0.343 e. The fraction of sp³-hybridized carbons (Fsp3) is 0.609. The van der Waals surface area contributed by atoms with Crippen molar-refractivity contribution in [3.8, 4) is 0 Å². The molecule has 1 aliphatic carbocycles. The number of nitrogens with one attached hydrogen (secondary N) is 2. The maximum atomic E-state index is 12.5. The maximum absolute atomic E-state index is 12.5. The summed E-state index contributed by atoms with van der Waals surface area (Å²) in [4.78, 5) is 38.7. The molecule has 3 amide bonds. The number of amides is 3. The second-order valence-electron chi connectivity index (χ2n) is 8.22. The molecule has 1 aromatic rings. The monoisotopic (exact) mass is 399 g/mol. The van der Waals surface area contributed by atoms with Crippen LogP contribution in [0.25, 0.3) is 0 Å². The molecule has 0 atom stereocenters. The predicted molar refractivity (Wildman–Crippen MR) is 113 cm³/mol. The number of Topliss-reactive ketones (excluding diaryl/α,β-unsaturated/α-hetero) is 1. The molecule has 0 unspecified atom stereocenters. The Labute approximate surface area is 173 Å². The molecule has 29 heavy (non-hydrogen) atoms. The topological polar surface area (TPSA) is 78.5 Å².